The lowest BCUT2D eigenvalue weighted by Crippen LogP contribution is -2.31. The molecule has 0 bridgehead atoms. The second-order valence-electron chi connectivity index (χ2n) is 7.45. The first-order chi connectivity index (χ1) is 15.0. The second kappa shape index (κ2) is 9.28. The van der Waals surface area contributed by atoms with E-state index in [1.165, 1.54) is 0 Å². The summed E-state index contributed by atoms with van der Waals surface area (Å²) in [7, 11) is 0. The third kappa shape index (κ3) is 4.70. The number of aromatic nitrogens is 3. The molecule has 31 heavy (non-hydrogen) atoms. The molecule has 1 aliphatic rings. The summed E-state index contributed by atoms with van der Waals surface area (Å²) in [5.41, 5.74) is 4.24. The molecule has 2 N–H and O–H groups in total. The van der Waals surface area contributed by atoms with E-state index in [-0.39, 0.29) is 11.9 Å². The Morgan fingerprint density at radius 2 is 2.00 bits per heavy atom. The number of rotatable bonds is 6. The summed E-state index contributed by atoms with van der Waals surface area (Å²) in [6, 6.07) is 15.4. The van der Waals surface area contributed by atoms with Crippen LogP contribution in [0.1, 0.15) is 37.4 Å². The zero-order valence-electron chi connectivity index (χ0n) is 17.6. The molecular weight excluding hydrogens is 474 g/mol. The van der Waals surface area contributed by atoms with Gasteiger partial charge in [-0.1, -0.05) is 64.4 Å². The first-order valence-corrected chi connectivity index (χ1v) is 11.9. The number of nitrogens with one attached hydrogen (secondary N) is 2. The molecule has 0 saturated carbocycles. The van der Waals surface area contributed by atoms with Gasteiger partial charge in [-0.15, -0.1) is 5.10 Å². The smallest absolute Gasteiger partial charge is 0.255 e. The number of halogens is 1. The number of carbonyl (C=O) groups excluding carboxylic acids is 1. The number of fused-ring (bicyclic) bond motifs is 1. The van der Waals surface area contributed by atoms with Crippen molar-refractivity contribution < 1.29 is 4.79 Å². The number of benzene rings is 2. The zero-order chi connectivity index (χ0) is 22.0. The van der Waals surface area contributed by atoms with Crippen molar-refractivity contribution in [3.05, 3.63) is 75.4 Å². The van der Waals surface area contributed by atoms with E-state index in [0.29, 0.717) is 16.7 Å². The summed E-state index contributed by atoms with van der Waals surface area (Å²) in [4.78, 5) is 18.1. The third-order valence-corrected chi connectivity index (χ3v) is 6.52. The Morgan fingerprint density at radius 3 is 2.71 bits per heavy atom. The number of nitrogens with zero attached hydrogens (tertiary/aromatic N) is 3. The number of hydrogen-bond acceptors (Lipinski definition) is 5. The molecule has 1 atom stereocenters. The average Bonchev–Trinajstić information content (AvgIpc) is 3.15. The van der Waals surface area contributed by atoms with E-state index >= 15 is 0 Å². The van der Waals surface area contributed by atoms with Gasteiger partial charge in [0.2, 0.25) is 11.1 Å². The van der Waals surface area contributed by atoms with Crippen LogP contribution in [-0.4, -0.2) is 26.4 Å². The highest BCUT2D eigenvalue weighted by atomic mass is 79.9. The summed E-state index contributed by atoms with van der Waals surface area (Å²) in [5.74, 6) is 1.42. The molecule has 0 radical (unpaired) electrons. The quantitative estimate of drug-likeness (QED) is 0.422. The molecule has 1 amide bonds. The van der Waals surface area contributed by atoms with Gasteiger partial charge < -0.3 is 10.6 Å². The Kier molecular flexibility index (Phi) is 6.48. The fraction of sp³-hybridized carbons (Fsp3) is 0.261. The molecule has 160 valence electrons. The maximum atomic E-state index is 13.4. The van der Waals surface area contributed by atoms with Crippen LogP contribution in [0, 0.1) is 6.92 Å². The minimum Gasteiger partial charge on any atom is -0.328 e. The van der Waals surface area contributed by atoms with Gasteiger partial charge in [-0.25, -0.2) is 4.68 Å². The summed E-state index contributed by atoms with van der Waals surface area (Å²) in [5, 5.41) is 11.8. The topological polar surface area (TPSA) is 71.8 Å². The fourth-order valence-corrected chi connectivity index (χ4v) is 4.60. The Balaban J connectivity index is 1.75. The maximum Gasteiger partial charge on any atom is 0.255 e. The number of carbonyl (C=O) groups is 1. The molecular formula is C23H24BrN5OS. The molecule has 1 aliphatic heterocycles. The number of thioether (sulfide) groups is 1. The standard InChI is InChI=1S/C23H24BrN5OS/c1-4-12-31-23-27-22-25-15(3)19(21(30)26-18-10-8-14(2)9-11-18)20(29(22)28-23)16-6-5-7-17(24)13-16/h5-11,13,20H,4,12H2,1-3H3,(H,26,30)(H,25,27,28). The van der Waals surface area contributed by atoms with Crippen LogP contribution < -0.4 is 10.6 Å². The number of aryl methyl sites for hydroxylation is 1. The van der Waals surface area contributed by atoms with Crippen molar-refractivity contribution in [3.8, 4) is 0 Å². The molecule has 0 saturated heterocycles. The minimum absolute atomic E-state index is 0.164. The lowest BCUT2D eigenvalue weighted by molar-refractivity contribution is -0.113. The van der Waals surface area contributed by atoms with E-state index in [2.05, 4.69) is 38.5 Å². The van der Waals surface area contributed by atoms with E-state index in [1.807, 2.05) is 67.1 Å². The minimum atomic E-state index is -0.386. The molecule has 0 spiro atoms. The van der Waals surface area contributed by atoms with Gasteiger partial charge in [0.25, 0.3) is 5.91 Å². The molecule has 2 aromatic carbocycles. The van der Waals surface area contributed by atoms with Crippen molar-refractivity contribution >= 4 is 45.2 Å². The Bertz CT molecular complexity index is 1140. The highest BCUT2D eigenvalue weighted by molar-refractivity contribution is 9.10. The molecule has 0 fully saturated rings. The first-order valence-electron chi connectivity index (χ1n) is 10.2. The molecule has 8 heteroatoms. The Morgan fingerprint density at radius 1 is 1.23 bits per heavy atom. The summed E-state index contributed by atoms with van der Waals surface area (Å²) < 4.78 is 2.76. The van der Waals surface area contributed by atoms with E-state index in [0.717, 1.165) is 39.2 Å². The first kappa shape index (κ1) is 21.6. The Labute approximate surface area is 194 Å². The lowest BCUT2D eigenvalue weighted by atomic mass is 9.95. The fourth-order valence-electron chi connectivity index (χ4n) is 3.50. The predicted octanol–water partition coefficient (Wildman–Crippen LogP) is 5.78. The SMILES string of the molecule is CCCSc1nc2n(n1)C(c1cccc(Br)c1)C(C(=O)Nc1ccc(C)cc1)=C(C)N2. The number of amides is 1. The number of hydrogen-bond donors (Lipinski definition) is 2. The zero-order valence-corrected chi connectivity index (χ0v) is 20.0. The van der Waals surface area contributed by atoms with Gasteiger partial charge in [0.15, 0.2) is 0 Å². The highest BCUT2D eigenvalue weighted by Crippen LogP contribution is 2.37. The van der Waals surface area contributed by atoms with E-state index < -0.39 is 0 Å². The average molecular weight is 498 g/mol. The predicted molar refractivity (Wildman–Crippen MR) is 129 cm³/mol. The summed E-state index contributed by atoms with van der Waals surface area (Å²) in [6.07, 6.45) is 1.04. The number of allylic oxidation sites excluding steroid dienone is 1. The highest BCUT2D eigenvalue weighted by Gasteiger charge is 2.34. The monoisotopic (exact) mass is 497 g/mol. The molecule has 1 unspecified atom stereocenters. The molecule has 4 rings (SSSR count). The van der Waals surface area contributed by atoms with E-state index in [4.69, 9.17) is 5.10 Å². The van der Waals surface area contributed by atoms with Crippen molar-refractivity contribution in [2.75, 3.05) is 16.4 Å². The van der Waals surface area contributed by atoms with E-state index in [1.54, 1.807) is 11.8 Å². The van der Waals surface area contributed by atoms with Crippen molar-refractivity contribution in [2.45, 2.75) is 38.4 Å². The van der Waals surface area contributed by atoms with Crippen LogP contribution in [0.4, 0.5) is 11.6 Å². The van der Waals surface area contributed by atoms with E-state index in [9.17, 15) is 4.79 Å². The molecule has 0 aliphatic carbocycles. The third-order valence-electron chi connectivity index (χ3n) is 4.99. The van der Waals surface area contributed by atoms with Crippen molar-refractivity contribution in [3.63, 3.8) is 0 Å². The van der Waals surface area contributed by atoms with Gasteiger partial charge in [0.05, 0.1) is 5.57 Å². The van der Waals surface area contributed by atoms with Crippen LogP contribution in [0.3, 0.4) is 0 Å². The second-order valence-corrected chi connectivity index (χ2v) is 9.43. The van der Waals surface area contributed by atoms with Crippen LogP contribution in [-0.2, 0) is 4.79 Å². The van der Waals surface area contributed by atoms with Crippen LogP contribution in [0.25, 0.3) is 0 Å². The van der Waals surface area contributed by atoms with Gasteiger partial charge in [-0.3, -0.25) is 4.79 Å². The van der Waals surface area contributed by atoms with Gasteiger partial charge in [0, 0.05) is 21.6 Å². The van der Waals surface area contributed by atoms with Gasteiger partial charge >= 0.3 is 0 Å². The normalized spacial score (nSPS) is 15.4. The van der Waals surface area contributed by atoms with Crippen LogP contribution in [0.15, 0.2) is 69.4 Å². The van der Waals surface area contributed by atoms with Crippen molar-refractivity contribution in [1.29, 1.82) is 0 Å². The van der Waals surface area contributed by atoms with Gasteiger partial charge in [-0.05, 0) is 50.1 Å². The molecule has 1 aromatic heterocycles. The number of anilines is 2. The molecule has 6 nitrogen and oxygen atoms in total. The maximum absolute atomic E-state index is 13.4. The summed E-state index contributed by atoms with van der Waals surface area (Å²) >= 11 is 5.18. The Hall–Kier alpha value is -2.58. The van der Waals surface area contributed by atoms with Gasteiger partial charge in [0.1, 0.15) is 6.04 Å². The molecule has 2 heterocycles. The summed E-state index contributed by atoms with van der Waals surface area (Å²) in [6.45, 7) is 6.06. The van der Waals surface area contributed by atoms with Gasteiger partial charge in [-0.2, -0.15) is 4.98 Å². The van der Waals surface area contributed by atoms with Crippen LogP contribution >= 0.6 is 27.7 Å². The van der Waals surface area contributed by atoms with Crippen LogP contribution in [0.2, 0.25) is 0 Å². The van der Waals surface area contributed by atoms with Crippen molar-refractivity contribution in [2.24, 2.45) is 0 Å². The van der Waals surface area contributed by atoms with Crippen molar-refractivity contribution in [1.82, 2.24) is 14.8 Å². The largest absolute Gasteiger partial charge is 0.328 e. The lowest BCUT2D eigenvalue weighted by Gasteiger charge is -2.28. The molecule has 3 aromatic rings. The van der Waals surface area contributed by atoms with Crippen LogP contribution in [0.5, 0.6) is 0 Å².